The van der Waals surface area contributed by atoms with E-state index in [2.05, 4.69) is 10.4 Å². The largest absolute Gasteiger partial charge is 0.471 e. The minimum absolute atomic E-state index is 0.207. The Kier molecular flexibility index (Phi) is 5.05. The lowest BCUT2D eigenvalue weighted by molar-refractivity contribution is 0.102. The lowest BCUT2D eigenvalue weighted by atomic mass is 10.2. The average molecular weight is 356 g/mol. The van der Waals surface area contributed by atoms with Gasteiger partial charge in [-0.3, -0.25) is 4.79 Å². The fraction of sp³-hybridized carbons (Fsp3) is 0.158. The molecule has 1 heterocycles. The molecule has 128 valence electrons. The summed E-state index contributed by atoms with van der Waals surface area (Å²) in [5, 5.41) is 7.80. The number of carbonyl (C=O) groups excluding carboxylic acids is 1. The molecule has 0 atom stereocenters. The molecule has 6 heteroatoms. The van der Waals surface area contributed by atoms with E-state index in [-0.39, 0.29) is 12.6 Å². The van der Waals surface area contributed by atoms with E-state index in [4.69, 9.17) is 16.3 Å². The Balaban J connectivity index is 1.62. The Labute approximate surface area is 151 Å². The van der Waals surface area contributed by atoms with Crippen LogP contribution in [0, 0.1) is 13.8 Å². The van der Waals surface area contributed by atoms with Crippen LogP contribution >= 0.6 is 11.6 Å². The maximum atomic E-state index is 12.3. The summed E-state index contributed by atoms with van der Waals surface area (Å²) in [6.07, 6.45) is 1.70. The number of aryl methyl sites for hydroxylation is 2. The number of hydrogen-bond donors (Lipinski definition) is 1. The van der Waals surface area contributed by atoms with Crippen molar-refractivity contribution >= 4 is 23.2 Å². The molecule has 0 unspecified atom stereocenters. The predicted molar refractivity (Wildman–Crippen MR) is 98.2 cm³/mol. The summed E-state index contributed by atoms with van der Waals surface area (Å²) >= 11 is 6.00. The van der Waals surface area contributed by atoms with Crippen molar-refractivity contribution in [3.8, 4) is 5.75 Å². The smallest absolute Gasteiger partial charge is 0.276 e. The Morgan fingerprint density at radius 2 is 1.96 bits per heavy atom. The second-order valence-corrected chi connectivity index (χ2v) is 6.10. The van der Waals surface area contributed by atoms with Gasteiger partial charge >= 0.3 is 0 Å². The molecule has 0 aliphatic carbocycles. The van der Waals surface area contributed by atoms with Gasteiger partial charge in [0.2, 0.25) is 0 Å². The van der Waals surface area contributed by atoms with Gasteiger partial charge in [-0.05, 0) is 55.3 Å². The van der Waals surface area contributed by atoms with Crippen LogP contribution in [0.5, 0.6) is 5.75 Å². The number of ether oxygens (including phenoxy) is 1. The quantitative estimate of drug-likeness (QED) is 0.736. The molecule has 0 saturated heterocycles. The number of halogens is 1. The first-order chi connectivity index (χ1) is 12.0. The van der Waals surface area contributed by atoms with E-state index in [1.807, 2.05) is 44.2 Å². The first-order valence-corrected chi connectivity index (χ1v) is 8.20. The highest BCUT2D eigenvalue weighted by molar-refractivity contribution is 6.31. The topological polar surface area (TPSA) is 56.1 Å². The second kappa shape index (κ2) is 7.40. The highest BCUT2D eigenvalue weighted by Gasteiger charge is 2.11. The molecule has 0 radical (unpaired) electrons. The summed E-state index contributed by atoms with van der Waals surface area (Å²) in [6, 6.07) is 14.7. The van der Waals surface area contributed by atoms with Gasteiger partial charge in [0.25, 0.3) is 5.91 Å². The maximum Gasteiger partial charge on any atom is 0.276 e. The minimum Gasteiger partial charge on any atom is -0.471 e. The van der Waals surface area contributed by atoms with E-state index in [0.717, 1.165) is 16.8 Å². The number of nitrogens with zero attached hydrogens (tertiary/aromatic N) is 2. The average Bonchev–Trinajstić information content (AvgIpc) is 3.07. The highest BCUT2D eigenvalue weighted by Crippen LogP contribution is 2.21. The SMILES string of the molecule is Cc1cc(OCn2ccc(C(=O)Nc3ccccc3C)n2)ccc1Cl. The Morgan fingerprint density at radius 3 is 2.72 bits per heavy atom. The summed E-state index contributed by atoms with van der Waals surface area (Å²) in [5.41, 5.74) is 3.05. The normalized spacial score (nSPS) is 10.5. The first-order valence-electron chi connectivity index (χ1n) is 7.82. The zero-order valence-corrected chi connectivity index (χ0v) is 14.7. The first kappa shape index (κ1) is 17.0. The number of amides is 1. The molecule has 3 aromatic rings. The van der Waals surface area contributed by atoms with Crippen LogP contribution in [-0.2, 0) is 6.73 Å². The van der Waals surface area contributed by atoms with Gasteiger partial charge in [0, 0.05) is 16.9 Å². The molecule has 25 heavy (non-hydrogen) atoms. The summed E-state index contributed by atoms with van der Waals surface area (Å²) in [6.45, 7) is 4.06. The Bertz CT molecular complexity index is 905. The standard InChI is InChI=1S/C19H18ClN3O2/c1-13-5-3-4-6-17(13)21-19(24)18-9-10-23(22-18)12-25-15-7-8-16(20)14(2)11-15/h3-11H,12H2,1-2H3,(H,21,24). The Morgan fingerprint density at radius 1 is 1.16 bits per heavy atom. The molecule has 1 aromatic heterocycles. The van der Waals surface area contributed by atoms with Crippen LogP contribution < -0.4 is 10.1 Å². The van der Waals surface area contributed by atoms with E-state index in [1.54, 1.807) is 29.1 Å². The van der Waals surface area contributed by atoms with Gasteiger partial charge in [-0.2, -0.15) is 5.10 Å². The number of para-hydroxylation sites is 1. The molecule has 2 aromatic carbocycles. The van der Waals surface area contributed by atoms with E-state index in [1.165, 1.54) is 0 Å². The third-order valence-corrected chi connectivity index (χ3v) is 4.18. The molecular formula is C19H18ClN3O2. The number of nitrogens with one attached hydrogen (secondary N) is 1. The van der Waals surface area contributed by atoms with Gasteiger partial charge in [0.1, 0.15) is 5.75 Å². The molecule has 1 N–H and O–H groups in total. The fourth-order valence-corrected chi connectivity index (χ4v) is 2.42. The fourth-order valence-electron chi connectivity index (χ4n) is 2.30. The number of anilines is 1. The van der Waals surface area contributed by atoms with Gasteiger partial charge in [-0.25, -0.2) is 4.68 Å². The molecule has 0 saturated carbocycles. The molecular weight excluding hydrogens is 338 g/mol. The summed E-state index contributed by atoms with van der Waals surface area (Å²) in [5.74, 6) is 0.443. The van der Waals surface area contributed by atoms with E-state index in [0.29, 0.717) is 16.5 Å². The zero-order valence-electron chi connectivity index (χ0n) is 14.0. The van der Waals surface area contributed by atoms with Gasteiger partial charge < -0.3 is 10.1 Å². The van der Waals surface area contributed by atoms with E-state index < -0.39 is 0 Å². The number of aromatic nitrogens is 2. The van der Waals surface area contributed by atoms with Crippen molar-refractivity contribution in [2.24, 2.45) is 0 Å². The van der Waals surface area contributed by atoms with Crippen molar-refractivity contribution < 1.29 is 9.53 Å². The third-order valence-electron chi connectivity index (χ3n) is 3.76. The number of carbonyl (C=O) groups is 1. The molecule has 1 amide bonds. The zero-order chi connectivity index (χ0) is 17.8. The minimum atomic E-state index is -0.254. The van der Waals surface area contributed by atoms with Crippen LogP contribution in [-0.4, -0.2) is 15.7 Å². The van der Waals surface area contributed by atoms with Crippen molar-refractivity contribution in [1.29, 1.82) is 0 Å². The second-order valence-electron chi connectivity index (χ2n) is 5.69. The summed E-state index contributed by atoms with van der Waals surface area (Å²) in [7, 11) is 0. The van der Waals surface area contributed by atoms with Gasteiger partial charge in [-0.15, -0.1) is 0 Å². The Hall–Kier alpha value is -2.79. The van der Waals surface area contributed by atoms with Crippen LogP contribution in [0.1, 0.15) is 21.6 Å². The molecule has 0 fully saturated rings. The lowest BCUT2D eigenvalue weighted by Gasteiger charge is -2.08. The number of rotatable bonds is 5. The van der Waals surface area contributed by atoms with Crippen molar-refractivity contribution in [2.75, 3.05) is 5.32 Å². The van der Waals surface area contributed by atoms with Crippen LogP contribution in [0.4, 0.5) is 5.69 Å². The van der Waals surface area contributed by atoms with Crippen molar-refractivity contribution in [3.05, 3.63) is 76.6 Å². The van der Waals surface area contributed by atoms with Crippen LogP contribution in [0.3, 0.4) is 0 Å². The van der Waals surface area contributed by atoms with Crippen LogP contribution in [0.2, 0.25) is 5.02 Å². The highest BCUT2D eigenvalue weighted by atomic mass is 35.5. The molecule has 0 spiro atoms. The molecule has 0 bridgehead atoms. The predicted octanol–water partition coefficient (Wildman–Crippen LogP) is 4.44. The summed E-state index contributed by atoms with van der Waals surface area (Å²) < 4.78 is 7.23. The summed E-state index contributed by atoms with van der Waals surface area (Å²) in [4.78, 5) is 12.3. The van der Waals surface area contributed by atoms with Crippen LogP contribution in [0.15, 0.2) is 54.7 Å². The van der Waals surface area contributed by atoms with Crippen LogP contribution in [0.25, 0.3) is 0 Å². The van der Waals surface area contributed by atoms with Crippen molar-refractivity contribution in [3.63, 3.8) is 0 Å². The number of hydrogen-bond acceptors (Lipinski definition) is 3. The van der Waals surface area contributed by atoms with Gasteiger partial charge in [0.05, 0.1) is 0 Å². The number of benzene rings is 2. The molecule has 0 aliphatic rings. The molecule has 3 rings (SSSR count). The molecule has 0 aliphatic heterocycles. The molecule has 5 nitrogen and oxygen atoms in total. The van der Waals surface area contributed by atoms with Gasteiger partial charge in [-0.1, -0.05) is 29.8 Å². The third kappa shape index (κ3) is 4.19. The van der Waals surface area contributed by atoms with Crippen molar-refractivity contribution in [2.45, 2.75) is 20.6 Å². The monoisotopic (exact) mass is 355 g/mol. The van der Waals surface area contributed by atoms with E-state index in [9.17, 15) is 4.79 Å². The lowest BCUT2D eigenvalue weighted by Crippen LogP contribution is -2.14. The van der Waals surface area contributed by atoms with Gasteiger partial charge in [0.15, 0.2) is 12.4 Å². The van der Waals surface area contributed by atoms with Crippen molar-refractivity contribution in [1.82, 2.24) is 9.78 Å². The maximum absolute atomic E-state index is 12.3. The van der Waals surface area contributed by atoms with E-state index >= 15 is 0 Å².